The summed E-state index contributed by atoms with van der Waals surface area (Å²) in [4.78, 5) is 1.24. The molecule has 2 atom stereocenters. The number of para-hydroxylation sites is 1. The topological polar surface area (TPSA) is 47.3 Å². The number of hydrogen-bond acceptors (Lipinski definition) is 4. The smallest absolute Gasteiger partial charge is 0.133 e. The van der Waals surface area contributed by atoms with Crippen LogP contribution in [0.15, 0.2) is 29.2 Å². The van der Waals surface area contributed by atoms with Crippen molar-refractivity contribution in [1.29, 1.82) is 0 Å². The zero-order valence-corrected chi connectivity index (χ0v) is 11.3. The molecule has 1 aromatic rings. The Hall–Kier alpha value is -0.710. The molecule has 18 heavy (non-hydrogen) atoms. The Bertz CT molecular complexity index is 409. The molecule has 2 unspecified atom stereocenters. The van der Waals surface area contributed by atoms with Gasteiger partial charge in [0.2, 0.25) is 0 Å². The molecule has 0 spiro atoms. The van der Waals surface area contributed by atoms with Crippen LogP contribution in [-0.4, -0.2) is 17.9 Å². The Kier molecular flexibility index (Phi) is 3.77. The van der Waals surface area contributed by atoms with E-state index in [-0.39, 0.29) is 12.1 Å². The number of nitrogens with one attached hydrogen (secondary N) is 1. The van der Waals surface area contributed by atoms with Crippen molar-refractivity contribution >= 4 is 11.8 Å². The molecule has 0 saturated heterocycles. The van der Waals surface area contributed by atoms with E-state index in [0.29, 0.717) is 0 Å². The first-order valence-corrected chi connectivity index (χ1v) is 7.70. The first-order chi connectivity index (χ1) is 8.86. The molecule has 1 fully saturated rings. The van der Waals surface area contributed by atoms with Crippen LogP contribution in [0.3, 0.4) is 0 Å². The normalized spacial score (nSPS) is 24.8. The van der Waals surface area contributed by atoms with Crippen LogP contribution < -0.4 is 16.0 Å². The Morgan fingerprint density at radius 3 is 2.94 bits per heavy atom. The molecular formula is C14H20N2OS. The highest BCUT2D eigenvalue weighted by molar-refractivity contribution is 7.99. The second-order valence-corrected chi connectivity index (χ2v) is 6.28. The average Bonchev–Trinajstić information content (AvgIpc) is 2.37. The molecule has 1 aliphatic heterocycles. The molecule has 0 bridgehead atoms. The lowest BCUT2D eigenvalue weighted by molar-refractivity contribution is 0.134. The van der Waals surface area contributed by atoms with E-state index in [1.165, 1.54) is 24.2 Å². The van der Waals surface area contributed by atoms with Gasteiger partial charge < -0.3 is 4.74 Å². The molecule has 98 valence electrons. The van der Waals surface area contributed by atoms with Gasteiger partial charge in [0.25, 0.3) is 0 Å². The zero-order valence-electron chi connectivity index (χ0n) is 10.5. The van der Waals surface area contributed by atoms with Gasteiger partial charge in [0, 0.05) is 10.6 Å². The second-order valence-electron chi connectivity index (χ2n) is 5.22. The Balaban J connectivity index is 1.65. The summed E-state index contributed by atoms with van der Waals surface area (Å²) >= 11 is 1.87. The summed E-state index contributed by atoms with van der Waals surface area (Å²) in [6.45, 7) is 0. The minimum Gasteiger partial charge on any atom is -0.487 e. The lowest BCUT2D eigenvalue weighted by Gasteiger charge is -2.35. The number of hydrogen-bond donors (Lipinski definition) is 2. The van der Waals surface area contributed by atoms with Crippen LogP contribution in [-0.2, 0) is 0 Å². The van der Waals surface area contributed by atoms with Crippen LogP contribution in [0.2, 0.25) is 0 Å². The third-order valence-electron chi connectivity index (χ3n) is 4.01. The van der Waals surface area contributed by atoms with Crippen molar-refractivity contribution in [3.05, 3.63) is 24.3 Å². The Morgan fingerprint density at radius 1 is 1.39 bits per heavy atom. The van der Waals surface area contributed by atoms with E-state index in [9.17, 15) is 0 Å². The molecule has 1 heterocycles. The van der Waals surface area contributed by atoms with Crippen LogP contribution in [0.25, 0.3) is 0 Å². The van der Waals surface area contributed by atoms with Crippen molar-refractivity contribution in [3.63, 3.8) is 0 Å². The van der Waals surface area contributed by atoms with E-state index in [0.717, 1.165) is 23.8 Å². The van der Waals surface area contributed by atoms with Crippen LogP contribution in [0.1, 0.15) is 25.7 Å². The van der Waals surface area contributed by atoms with Crippen molar-refractivity contribution < 1.29 is 4.74 Å². The van der Waals surface area contributed by atoms with E-state index in [4.69, 9.17) is 10.6 Å². The Labute approximate surface area is 112 Å². The lowest BCUT2D eigenvalue weighted by atomic mass is 9.80. The fourth-order valence-corrected chi connectivity index (χ4v) is 3.73. The van der Waals surface area contributed by atoms with Gasteiger partial charge in [-0.3, -0.25) is 11.3 Å². The molecule has 0 amide bonds. The number of ether oxygens (including phenoxy) is 1. The van der Waals surface area contributed by atoms with Gasteiger partial charge in [-0.25, -0.2) is 0 Å². The summed E-state index contributed by atoms with van der Waals surface area (Å²) in [5.41, 5.74) is 2.96. The van der Waals surface area contributed by atoms with Crippen molar-refractivity contribution in [3.8, 4) is 5.75 Å². The first kappa shape index (κ1) is 12.3. The molecule has 0 radical (unpaired) electrons. The highest BCUT2D eigenvalue weighted by atomic mass is 32.2. The van der Waals surface area contributed by atoms with E-state index in [1.807, 2.05) is 23.9 Å². The average molecular weight is 264 g/mol. The summed E-state index contributed by atoms with van der Waals surface area (Å²) < 4.78 is 6.09. The summed E-state index contributed by atoms with van der Waals surface area (Å²) in [5.74, 6) is 8.55. The number of fused-ring (bicyclic) bond motifs is 1. The molecule has 3 nitrogen and oxygen atoms in total. The van der Waals surface area contributed by atoms with Gasteiger partial charge >= 0.3 is 0 Å². The summed E-state index contributed by atoms with van der Waals surface area (Å²) in [7, 11) is 0. The van der Waals surface area contributed by atoms with Crippen LogP contribution in [0.4, 0.5) is 0 Å². The third-order valence-corrected chi connectivity index (χ3v) is 5.15. The number of hydrazine groups is 1. The predicted octanol–water partition coefficient (Wildman–Crippen LogP) is 2.56. The molecule has 3 rings (SSSR count). The van der Waals surface area contributed by atoms with E-state index < -0.39 is 0 Å². The third kappa shape index (κ3) is 2.51. The molecule has 1 aromatic carbocycles. The van der Waals surface area contributed by atoms with Gasteiger partial charge in [-0.1, -0.05) is 31.4 Å². The maximum absolute atomic E-state index is 6.09. The minimum absolute atomic E-state index is 0.190. The van der Waals surface area contributed by atoms with Gasteiger partial charge in [-0.05, 0) is 24.5 Å². The quantitative estimate of drug-likeness (QED) is 0.648. The number of thioether (sulfide) groups is 1. The first-order valence-electron chi connectivity index (χ1n) is 6.71. The van der Waals surface area contributed by atoms with Crippen LogP contribution in [0, 0.1) is 5.92 Å². The Morgan fingerprint density at radius 2 is 2.22 bits per heavy atom. The molecule has 2 aliphatic rings. The van der Waals surface area contributed by atoms with Gasteiger partial charge in [-0.15, -0.1) is 11.8 Å². The number of rotatable bonds is 4. The maximum atomic E-state index is 6.09. The summed E-state index contributed by atoms with van der Waals surface area (Å²) in [6.07, 6.45) is 5.42. The van der Waals surface area contributed by atoms with Crippen LogP contribution in [0.5, 0.6) is 5.75 Å². The molecular weight excluding hydrogens is 244 g/mol. The van der Waals surface area contributed by atoms with Crippen molar-refractivity contribution in [1.82, 2.24) is 5.43 Å². The largest absolute Gasteiger partial charge is 0.487 e. The van der Waals surface area contributed by atoms with E-state index in [2.05, 4.69) is 17.6 Å². The molecule has 0 aromatic heterocycles. The maximum Gasteiger partial charge on any atom is 0.133 e. The monoisotopic (exact) mass is 264 g/mol. The molecule has 1 aliphatic carbocycles. The van der Waals surface area contributed by atoms with Gasteiger partial charge in [-0.2, -0.15) is 0 Å². The van der Waals surface area contributed by atoms with Gasteiger partial charge in [0.05, 0.1) is 6.04 Å². The van der Waals surface area contributed by atoms with Gasteiger partial charge in [0.1, 0.15) is 11.9 Å². The molecule has 4 heteroatoms. The SMILES string of the molecule is NNC(CC1CCC1)C1CSc2ccccc2O1. The highest BCUT2D eigenvalue weighted by Crippen LogP contribution is 2.37. The summed E-state index contributed by atoms with van der Waals surface area (Å²) in [5, 5.41) is 0. The number of benzene rings is 1. The fourth-order valence-electron chi connectivity index (χ4n) is 2.65. The van der Waals surface area contributed by atoms with Crippen molar-refractivity contribution in [2.75, 3.05) is 5.75 Å². The lowest BCUT2D eigenvalue weighted by Crippen LogP contribution is -2.50. The number of nitrogens with two attached hydrogens (primary N) is 1. The van der Waals surface area contributed by atoms with Crippen LogP contribution >= 0.6 is 11.8 Å². The highest BCUT2D eigenvalue weighted by Gasteiger charge is 2.31. The minimum atomic E-state index is 0.190. The zero-order chi connectivity index (χ0) is 12.4. The van der Waals surface area contributed by atoms with Crippen molar-refractivity contribution in [2.24, 2.45) is 11.8 Å². The van der Waals surface area contributed by atoms with E-state index in [1.54, 1.807) is 0 Å². The van der Waals surface area contributed by atoms with E-state index >= 15 is 0 Å². The molecule has 3 N–H and O–H groups in total. The van der Waals surface area contributed by atoms with Gasteiger partial charge in [0.15, 0.2) is 0 Å². The summed E-state index contributed by atoms with van der Waals surface area (Å²) in [6, 6.07) is 8.52. The van der Waals surface area contributed by atoms with Crippen molar-refractivity contribution in [2.45, 2.75) is 42.7 Å². The fraction of sp³-hybridized carbons (Fsp3) is 0.571. The second kappa shape index (κ2) is 5.51. The molecule has 1 saturated carbocycles. The standard InChI is InChI=1S/C14H20N2OS/c15-16-11(8-10-4-3-5-10)13-9-18-14-7-2-1-6-12(14)17-13/h1-2,6-7,10-11,13,16H,3-5,8-9,15H2. The predicted molar refractivity (Wildman–Crippen MR) is 74.7 cm³/mol.